The number of amides is 2. The van der Waals surface area contributed by atoms with Crippen molar-refractivity contribution in [2.45, 2.75) is 92.5 Å². The van der Waals surface area contributed by atoms with Gasteiger partial charge in [0, 0.05) is 93.4 Å². The lowest BCUT2D eigenvalue weighted by Gasteiger charge is -2.38. The summed E-state index contributed by atoms with van der Waals surface area (Å²) in [5, 5.41) is 49.7. The van der Waals surface area contributed by atoms with E-state index in [4.69, 9.17) is 18.9 Å². The first-order chi connectivity index (χ1) is 27.5. The fourth-order valence-electron chi connectivity index (χ4n) is 8.30. The lowest BCUT2D eigenvalue weighted by molar-refractivity contribution is -0.160. The van der Waals surface area contributed by atoms with E-state index in [9.17, 15) is 39.6 Å². The van der Waals surface area contributed by atoms with E-state index in [-0.39, 0.29) is 55.4 Å². The number of aliphatic hydroxyl groups is 2. The minimum absolute atomic E-state index is 0.0104. The van der Waals surface area contributed by atoms with Gasteiger partial charge in [0.1, 0.15) is 17.6 Å². The van der Waals surface area contributed by atoms with Gasteiger partial charge in [-0.25, -0.2) is 0 Å². The molecule has 320 valence electrons. The number of benzene rings is 2. The fourth-order valence-corrected chi connectivity index (χ4v) is 8.30. The fraction of sp³-hybridized carbons (Fsp3) is 0.500. The lowest BCUT2D eigenvalue weighted by Crippen LogP contribution is -2.46. The van der Waals surface area contributed by atoms with Gasteiger partial charge < -0.3 is 54.2 Å². The average molecular weight is 820 g/mol. The van der Waals surface area contributed by atoms with Gasteiger partial charge in [-0.1, -0.05) is 45.9 Å². The Morgan fingerprint density at radius 1 is 0.932 bits per heavy atom. The SMILES string of the molecule is COC1/C=C/OC2(C)Oc3c(C)c(O)c4c(O)c(c5c(C(=O)N(C)C)c(C)n(C)c5c4c3C2=O)NC(=O)C(C)=C/C=C\C(C)C(O)C(C)C(O)C(C)C(OC(C)=O)C1C. The number of allylic oxidation sites excluding steroid dienone is 2. The van der Waals surface area contributed by atoms with Gasteiger partial charge in [0.05, 0.1) is 52.3 Å². The van der Waals surface area contributed by atoms with E-state index < -0.39 is 88.9 Å². The molecule has 15 nitrogen and oxygen atoms in total. The molecule has 5 rings (SSSR count). The highest BCUT2D eigenvalue weighted by Gasteiger charge is 2.50. The normalized spacial score (nSPS) is 29.2. The van der Waals surface area contributed by atoms with Crippen LogP contribution in [0.5, 0.6) is 17.2 Å². The van der Waals surface area contributed by atoms with Gasteiger partial charge in [-0.05, 0) is 26.8 Å². The van der Waals surface area contributed by atoms with Crippen molar-refractivity contribution in [2.24, 2.45) is 30.7 Å². The molecule has 2 aliphatic rings. The van der Waals surface area contributed by atoms with E-state index in [0.29, 0.717) is 5.69 Å². The van der Waals surface area contributed by atoms with Crippen LogP contribution in [0.2, 0.25) is 0 Å². The number of nitrogens with zero attached hydrogens (tertiary/aromatic N) is 2. The van der Waals surface area contributed by atoms with Crippen LogP contribution in [-0.4, -0.2) is 105 Å². The van der Waals surface area contributed by atoms with Crippen molar-refractivity contribution in [3.8, 4) is 17.2 Å². The van der Waals surface area contributed by atoms with Crippen LogP contribution in [0.15, 0.2) is 36.1 Å². The number of ether oxygens (including phenoxy) is 4. The molecule has 4 bridgehead atoms. The maximum atomic E-state index is 14.7. The van der Waals surface area contributed by atoms with Crippen molar-refractivity contribution in [2.75, 3.05) is 26.5 Å². The summed E-state index contributed by atoms with van der Waals surface area (Å²) in [7, 11) is 6.24. The van der Waals surface area contributed by atoms with Gasteiger partial charge in [0.25, 0.3) is 17.6 Å². The van der Waals surface area contributed by atoms with Crippen molar-refractivity contribution in [3.05, 3.63) is 58.5 Å². The van der Waals surface area contributed by atoms with Crippen LogP contribution < -0.4 is 10.1 Å². The molecular formula is C44H57N3O12. The van der Waals surface area contributed by atoms with Crippen LogP contribution in [-0.2, 0) is 30.8 Å². The molecular weight excluding hydrogens is 762 g/mol. The van der Waals surface area contributed by atoms with E-state index in [1.165, 1.54) is 51.2 Å². The topological polar surface area (TPSA) is 206 Å². The minimum Gasteiger partial charge on any atom is -0.507 e. The summed E-state index contributed by atoms with van der Waals surface area (Å²) < 4.78 is 25.5. The second-order valence-corrected chi connectivity index (χ2v) is 16.3. The highest BCUT2D eigenvalue weighted by atomic mass is 16.7. The first kappa shape index (κ1) is 44.7. The summed E-state index contributed by atoms with van der Waals surface area (Å²) in [5.74, 6) is -7.85. The highest BCUT2D eigenvalue weighted by Crippen LogP contribution is 2.55. The minimum atomic E-state index is -2.01. The van der Waals surface area contributed by atoms with Gasteiger partial charge in [0.2, 0.25) is 0 Å². The number of nitrogens with one attached hydrogen (secondary N) is 1. The molecule has 59 heavy (non-hydrogen) atoms. The first-order valence-electron chi connectivity index (χ1n) is 19.6. The number of anilines is 1. The molecule has 9 atom stereocenters. The highest BCUT2D eigenvalue weighted by molar-refractivity contribution is 6.31. The zero-order valence-corrected chi connectivity index (χ0v) is 36.0. The Balaban J connectivity index is 1.81. The van der Waals surface area contributed by atoms with Gasteiger partial charge in [-0.2, -0.15) is 0 Å². The Kier molecular flexibility index (Phi) is 12.7. The number of Topliss-reactive ketones (excluding diaryl/α,β-unsaturated/α-hetero) is 1. The van der Waals surface area contributed by atoms with Crippen molar-refractivity contribution in [1.82, 2.24) is 9.47 Å². The smallest absolute Gasteiger partial charge is 0.312 e. The third-order valence-corrected chi connectivity index (χ3v) is 12.1. The number of hydrogen-bond acceptors (Lipinski definition) is 12. The maximum absolute atomic E-state index is 14.7. The molecule has 15 heteroatoms. The monoisotopic (exact) mass is 819 g/mol. The zero-order chi connectivity index (χ0) is 44.2. The summed E-state index contributed by atoms with van der Waals surface area (Å²) >= 11 is 0. The number of aromatic nitrogens is 1. The Bertz CT molecular complexity index is 2300. The van der Waals surface area contributed by atoms with E-state index >= 15 is 0 Å². The molecule has 3 heterocycles. The molecule has 9 unspecified atom stereocenters. The van der Waals surface area contributed by atoms with Crippen molar-refractivity contribution < 1.29 is 58.6 Å². The molecule has 5 N–H and O–H groups in total. The Morgan fingerprint density at radius 3 is 2.17 bits per heavy atom. The quantitative estimate of drug-likeness (QED) is 0.163. The predicted molar refractivity (Wildman–Crippen MR) is 221 cm³/mol. The molecule has 3 aromatic rings. The molecule has 0 saturated carbocycles. The summed E-state index contributed by atoms with van der Waals surface area (Å²) in [6.45, 7) is 14.3. The number of aliphatic hydroxyl groups excluding tert-OH is 2. The molecule has 0 spiro atoms. The van der Waals surface area contributed by atoms with Crippen LogP contribution in [0.4, 0.5) is 5.69 Å². The number of aromatic hydroxyl groups is 2. The number of fused-ring (bicyclic) bond motifs is 1. The van der Waals surface area contributed by atoms with E-state index in [0.717, 1.165) is 0 Å². The summed E-state index contributed by atoms with van der Waals surface area (Å²) in [6, 6.07) is 0. The summed E-state index contributed by atoms with van der Waals surface area (Å²) in [4.78, 5) is 56.2. The number of aryl methyl sites for hydroxylation is 1. The number of hydrogen-bond donors (Lipinski definition) is 5. The number of esters is 1. The number of ketones is 1. The molecule has 2 aromatic carbocycles. The molecule has 0 radical (unpaired) electrons. The van der Waals surface area contributed by atoms with Crippen LogP contribution in [0, 0.1) is 37.5 Å². The van der Waals surface area contributed by atoms with Crippen LogP contribution in [0.3, 0.4) is 0 Å². The Hall–Kier alpha value is -5.38. The third-order valence-electron chi connectivity index (χ3n) is 12.1. The molecule has 0 saturated heterocycles. The number of phenols is 2. The standard InChI is InChI=1S/C44H57N3O12/c1-19-15-14-16-20(2)42(54)45-33-30-28(43(55)46(10)11)25(7)47(12)34(30)29-31(38(33)52)37(51)24(6)40-32(29)41(53)44(9,59-40)57-18-17-27(56-13)21(3)39(58-26(8)48)23(5)36(50)22(4)35(19)49/h14-19,21-23,27,35-36,39,49-52H,1-13H3,(H,45,54)/b15-14-,18-17+,20-16?. The Labute approximate surface area is 343 Å². The molecule has 2 aliphatic heterocycles. The zero-order valence-electron chi connectivity index (χ0n) is 36.0. The number of methoxy groups -OCH3 is 1. The van der Waals surface area contributed by atoms with Gasteiger partial charge in [-0.15, -0.1) is 0 Å². The molecule has 0 fully saturated rings. The van der Waals surface area contributed by atoms with E-state index in [2.05, 4.69) is 5.32 Å². The molecule has 0 aliphatic carbocycles. The van der Waals surface area contributed by atoms with Gasteiger partial charge >= 0.3 is 11.8 Å². The summed E-state index contributed by atoms with van der Waals surface area (Å²) in [6.07, 6.45) is 3.66. The van der Waals surface area contributed by atoms with Crippen LogP contribution in [0.1, 0.15) is 80.4 Å². The second-order valence-electron chi connectivity index (χ2n) is 16.3. The van der Waals surface area contributed by atoms with E-state index in [1.807, 2.05) is 0 Å². The maximum Gasteiger partial charge on any atom is 0.312 e. The van der Waals surface area contributed by atoms with Gasteiger partial charge in [-0.3, -0.25) is 19.2 Å². The van der Waals surface area contributed by atoms with Crippen molar-refractivity contribution in [3.63, 3.8) is 0 Å². The number of carbonyl (C=O) groups is 4. The third kappa shape index (κ3) is 7.67. The largest absolute Gasteiger partial charge is 0.507 e. The number of phenolic OH excluding ortho intramolecular Hbond substituents is 2. The van der Waals surface area contributed by atoms with Crippen molar-refractivity contribution in [1.29, 1.82) is 0 Å². The average Bonchev–Trinajstić information content (AvgIpc) is 3.60. The lowest BCUT2D eigenvalue weighted by atomic mass is 9.78. The Morgan fingerprint density at radius 2 is 1.58 bits per heavy atom. The van der Waals surface area contributed by atoms with Crippen molar-refractivity contribution >= 4 is 50.9 Å². The number of rotatable bonds is 3. The second kappa shape index (κ2) is 16.7. The van der Waals surface area contributed by atoms with Crippen LogP contribution in [0.25, 0.3) is 21.7 Å². The molecule has 2 amide bonds. The van der Waals surface area contributed by atoms with E-state index in [1.54, 1.807) is 79.4 Å². The van der Waals surface area contributed by atoms with Gasteiger partial charge in [0.15, 0.2) is 5.75 Å². The summed E-state index contributed by atoms with van der Waals surface area (Å²) in [5.41, 5.74) is 0.960. The predicted octanol–water partition coefficient (Wildman–Crippen LogP) is 5.55. The molecule has 1 aromatic heterocycles. The van der Waals surface area contributed by atoms with Crippen LogP contribution >= 0.6 is 0 Å². The number of carbonyl (C=O) groups excluding carboxylic acids is 4. The first-order valence-corrected chi connectivity index (χ1v) is 19.6.